The van der Waals surface area contributed by atoms with Gasteiger partial charge in [-0.2, -0.15) is 0 Å². The molecular formula is C28H24N2O6S. The molecule has 37 heavy (non-hydrogen) atoms. The molecule has 0 atom stereocenters. The smallest absolute Gasteiger partial charge is 0.337 e. The lowest BCUT2D eigenvalue weighted by Gasteiger charge is -2.10. The predicted octanol–water partition coefficient (Wildman–Crippen LogP) is 4.99. The lowest BCUT2D eigenvalue weighted by molar-refractivity contribution is 0.0695. The molecule has 9 heteroatoms. The van der Waals surface area contributed by atoms with Crippen molar-refractivity contribution in [2.24, 2.45) is 0 Å². The van der Waals surface area contributed by atoms with Crippen molar-refractivity contribution in [2.75, 3.05) is 12.4 Å². The minimum absolute atomic E-state index is 0.0986. The van der Waals surface area contributed by atoms with Crippen molar-refractivity contribution >= 4 is 27.4 Å². The van der Waals surface area contributed by atoms with E-state index in [2.05, 4.69) is 10.3 Å². The molecule has 3 aromatic carbocycles. The van der Waals surface area contributed by atoms with Crippen LogP contribution in [0.15, 0.2) is 90.0 Å². The van der Waals surface area contributed by atoms with Gasteiger partial charge in [-0.15, -0.1) is 0 Å². The van der Waals surface area contributed by atoms with Gasteiger partial charge in [0, 0.05) is 23.0 Å². The molecule has 0 aliphatic heterocycles. The summed E-state index contributed by atoms with van der Waals surface area (Å²) in [5.41, 5.74) is 3.21. The molecule has 1 aromatic heterocycles. The van der Waals surface area contributed by atoms with Crippen LogP contribution in [-0.4, -0.2) is 37.5 Å². The average molecular weight is 517 g/mol. The van der Waals surface area contributed by atoms with E-state index in [9.17, 15) is 23.1 Å². The van der Waals surface area contributed by atoms with Crippen LogP contribution >= 0.6 is 0 Å². The van der Waals surface area contributed by atoms with Gasteiger partial charge in [0.15, 0.2) is 9.84 Å². The van der Waals surface area contributed by atoms with Crippen LogP contribution in [0.3, 0.4) is 0 Å². The van der Waals surface area contributed by atoms with Crippen LogP contribution in [0.25, 0.3) is 11.1 Å². The van der Waals surface area contributed by atoms with Crippen LogP contribution in [0.1, 0.15) is 32.0 Å². The summed E-state index contributed by atoms with van der Waals surface area (Å²) in [6.07, 6.45) is 1.57. The van der Waals surface area contributed by atoms with Crippen molar-refractivity contribution in [1.29, 1.82) is 0 Å². The standard InChI is InChI=1S/C28H24N2O6S/c1-18-26(28(32)33)15-22(16-29-18)20-4-3-5-21(14-20)27(31)30-23-8-6-19(7-9-23)17-37(34,35)25-12-10-24(36-2)11-13-25/h3-16H,17H2,1-2H3,(H,30,31)(H,32,33). The normalized spacial score (nSPS) is 11.1. The summed E-state index contributed by atoms with van der Waals surface area (Å²) < 4.78 is 30.5. The van der Waals surface area contributed by atoms with Gasteiger partial charge in [0.05, 0.1) is 29.0 Å². The number of anilines is 1. The maximum absolute atomic E-state index is 12.9. The molecule has 0 aliphatic carbocycles. The Bertz CT molecular complexity index is 1560. The summed E-state index contributed by atoms with van der Waals surface area (Å²) in [5, 5.41) is 12.2. The first-order valence-electron chi connectivity index (χ1n) is 11.2. The molecule has 0 bridgehead atoms. The van der Waals surface area contributed by atoms with Gasteiger partial charge in [0.2, 0.25) is 0 Å². The van der Waals surface area contributed by atoms with E-state index >= 15 is 0 Å². The van der Waals surface area contributed by atoms with E-state index in [0.717, 1.165) is 0 Å². The zero-order valence-corrected chi connectivity index (χ0v) is 21.0. The van der Waals surface area contributed by atoms with Gasteiger partial charge in [0.1, 0.15) is 5.75 Å². The van der Waals surface area contributed by atoms with Gasteiger partial charge in [0.25, 0.3) is 5.91 Å². The molecule has 0 saturated heterocycles. The van der Waals surface area contributed by atoms with Crippen molar-refractivity contribution < 1.29 is 27.9 Å². The van der Waals surface area contributed by atoms with Crippen molar-refractivity contribution in [3.63, 3.8) is 0 Å². The molecule has 1 heterocycles. The molecule has 2 N–H and O–H groups in total. The Hall–Kier alpha value is -4.50. The molecule has 0 unspecified atom stereocenters. The van der Waals surface area contributed by atoms with Gasteiger partial charge < -0.3 is 15.2 Å². The van der Waals surface area contributed by atoms with Gasteiger partial charge in [-0.25, -0.2) is 13.2 Å². The second-order valence-electron chi connectivity index (χ2n) is 8.33. The van der Waals surface area contributed by atoms with Crippen molar-refractivity contribution in [1.82, 2.24) is 4.98 Å². The number of carbonyl (C=O) groups excluding carboxylic acids is 1. The van der Waals surface area contributed by atoms with Crippen LogP contribution in [0.5, 0.6) is 5.75 Å². The molecule has 0 spiro atoms. The number of benzene rings is 3. The number of pyridine rings is 1. The number of hydrogen-bond acceptors (Lipinski definition) is 6. The third kappa shape index (κ3) is 6.02. The third-order valence-electron chi connectivity index (χ3n) is 5.76. The lowest BCUT2D eigenvalue weighted by atomic mass is 10.0. The highest BCUT2D eigenvalue weighted by molar-refractivity contribution is 7.90. The lowest BCUT2D eigenvalue weighted by Crippen LogP contribution is -2.12. The number of nitrogens with zero attached hydrogens (tertiary/aromatic N) is 1. The second kappa shape index (κ2) is 10.6. The molecule has 1 amide bonds. The highest BCUT2D eigenvalue weighted by atomic mass is 32.2. The zero-order valence-electron chi connectivity index (χ0n) is 20.1. The fourth-order valence-electron chi connectivity index (χ4n) is 3.72. The Morgan fingerprint density at radius 3 is 2.30 bits per heavy atom. The number of aromatic nitrogens is 1. The number of carbonyl (C=O) groups is 2. The molecule has 0 fully saturated rings. The van der Waals surface area contributed by atoms with E-state index in [-0.39, 0.29) is 22.1 Å². The fourth-order valence-corrected chi connectivity index (χ4v) is 5.07. The topological polar surface area (TPSA) is 123 Å². The summed E-state index contributed by atoms with van der Waals surface area (Å²) in [7, 11) is -2.03. The highest BCUT2D eigenvalue weighted by Crippen LogP contribution is 2.24. The van der Waals surface area contributed by atoms with E-state index in [0.29, 0.717) is 39.4 Å². The van der Waals surface area contributed by atoms with E-state index in [1.807, 2.05) is 0 Å². The van der Waals surface area contributed by atoms with E-state index in [1.165, 1.54) is 25.3 Å². The summed E-state index contributed by atoms with van der Waals surface area (Å²) >= 11 is 0. The number of carboxylic acids is 1. The van der Waals surface area contributed by atoms with Crippen molar-refractivity contribution in [2.45, 2.75) is 17.6 Å². The van der Waals surface area contributed by atoms with Crippen LogP contribution in [0, 0.1) is 6.92 Å². The maximum atomic E-state index is 12.9. The summed E-state index contributed by atoms with van der Waals surface area (Å²) in [6, 6.07) is 21.1. The second-order valence-corrected chi connectivity index (χ2v) is 10.3. The molecule has 0 radical (unpaired) electrons. The molecule has 8 nitrogen and oxygen atoms in total. The Labute approximate surface area is 214 Å². The molecule has 188 valence electrons. The SMILES string of the molecule is COc1ccc(S(=O)(=O)Cc2ccc(NC(=O)c3cccc(-c4cnc(C)c(C(=O)O)c4)c3)cc2)cc1. The van der Waals surface area contributed by atoms with Crippen LogP contribution in [-0.2, 0) is 15.6 Å². The Morgan fingerprint density at radius 1 is 0.946 bits per heavy atom. The van der Waals surface area contributed by atoms with Crippen LogP contribution in [0.2, 0.25) is 0 Å². The number of hydrogen-bond donors (Lipinski definition) is 2. The Morgan fingerprint density at radius 2 is 1.65 bits per heavy atom. The number of methoxy groups -OCH3 is 1. The number of sulfone groups is 1. The first kappa shape index (κ1) is 25.6. The number of aryl methyl sites for hydroxylation is 1. The number of amides is 1. The molecular weight excluding hydrogens is 492 g/mol. The van der Waals surface area contributed by atoms with Gasteiger partial charge in [-0.3, -0.25) is 9.78 Å². The first-order chi connectivity index (χ1) is 17.7. The monoisotopic (exact) mass is 516 g/mol. The number of nitrogens with one attached hydrogen (secondary N) is 1. The summed E-state index contributed by atoms with van der Waals surface area (Å²) in [5.74, 6) is -1.04. The van der Waals surface area contributed by atoms with E-state index < -0.39 is 15.8 Å². The average Bonchev–Trinajstić information content (AvgIpc) is 2.90. The minimum atomic E-state index is -3.54. The quantitative estimate of drug-likeness (QED) is 0.338. The fraction of sp³-hybridized carbons (Fsp3) is 0.107. The minimum Gasteiger partial charge on any atom is -0.497 e. The molecule has 0 aliphatic rings. The molecule has 4 rings (SSSR count). The van der Waals surface area contributed by atoms with Crippen molar-refractivity contribution in [3.05, 3.63) is 107 Å². The predicted molar refractivity (Wildman–Crippen MR) is 140 cm³/mol. The number of aromatic carboxylic acids is 1. The van der Waals surface area contributed by atoms with E-state index in [4.69, 9.17) is 4.74 Å². The summed E-state index contributed by atoms with van der Waals surface area (Å²) in [4.78, 5) is 28.6. The highest BCUT2D eigenvalue weighted by Gasteiger charge is 2.16. The summed E-state index contributed by atoms with van der Waals surface area (Å²) in [6.45, 7) is 1.62. The Kier molecular flexibility index (Phi) is 7.35. The van der Waals surface area contributed by atoms with Crippen LogP contribution < -0.4 is 10.1 Å². The number of carboxylic acid groups (broad SMARTS) is 1. The third-order valence-corrected chi connectivity index (χ3v) is 7.47. The van der Waals surface area contributed by atoms with Gasteiger partial charge in [-0.05, 0) is 72.6 Å². The number of ether oxygens (including phenoxy) is 1. The number of rotatable bonds is 8. The van der Waals surface area contributed by atoms with Gasteiger partial charge in [-0.1, -0.05) is 24.3 Å². The maximum Gasteiger partial charge on any atom is 0.337 e. The van der Waals surface area contributed by atoms with E-state index in [1.54, 1.807) is 73.8 Å². The largest absolute Gasteiger partial charge is 0.497 e. The molecule has 0 saturated carbocycles. The van der Waals surface area contributed by atoms with Crippen LogP contribution in [0.4, 0.5) is 5.69 Å². The van der Waals surface area contributed by atoms with Crippen molar-refractivity contribution in [3.8, 4) is 16.9 Å². The molecule has 4 aromatic rings. The Balaban J connectivity index is 1.46. The first-order valence-corrected chi connectivity index (χ1v) is 12.9. The van der Waals surface area contributed by atoms with Gasteiger partial charge >= 0.3 is 5.97 Å². The zero-order chi connectivity index (χ0) is 26.6.